The molecule has 0 atom stereocenters. The summed E-state index contributed by atoms with van der Waals surface area (Å²) >= 11 is 0. The summed E-state index contributed by atoms with van der Waals surface area (Å²) in [6.07, 6.45) is 1.49. The maximum Gasteiger partial charge on any atom is 0.310 e. The molecule has 0 aliphatic heterocycles. The van der Waals surface area contributed by atoms with Crippen LogP contribution in [0.5, 0.6) is 5.75 Å². The normalized spacial score (nSPS) is 10.1. The number of carbonyl (C=O) groups excluding carboxylic acids is 1. The Kier molecular flexibility index (Phi) is 4.72. The number of esters is 1. The maximum atomic E-state index is 14.1. The number of phenolic OH excluding ortho intramolecular Hbond substituents is 1. The number of carbonyl (C=O) groups is 1. The van der Waals surface area contributed by atoms with E-state index in [0.717, 1.165) is 0 Å². The van der Waals surface area contributed by atoms with E-state index in [0.29, 0.717) is 16.7 Å². The molecule has 3 nitrogen and oxygen atoms in total. The molecule has 2 aromatic carbocycles. The number of phenols is 1. The highest BCUT2D eigenvalue weighted by molar-refractivity contribution is 5.73. The van der Waals surface area contributed by atoms with Gasteiger partial charge in [0.05, 0.1) is 6.42 Å². The largest absolute Gasteiger partial charge is 0.508 e. The summed E-state index contributed by atoms with van der Waals surface area (Å²) < 4.78 is 19.0. The van der Waals surface area contributed by atoms with Crippen LogP contribution in [0.2, 0.25) is 0 Å². The molecule has 0 saturated carbocycles. The van der Waals surface area contributed by atoms with E-state index >= 15 is 0 Å². The van der Waals surface area contributed by atoms with Gasteiger partial charge in [-0.3, -0.25) is 4.79 Å². The van der Waals surface area contributed by atoms with Crippen molar-refractivity contribution in [2.75, 3.05) is 6.61 Å². The van der Waals surface area contributed by atoms with Crippen molar-refractivity contribution in [1.29, 1.82) is 0 Å². The average Bonchev–Trinajstić information content (AvgIpc) is 2.46. The lowest BCUT2D eigenvalue weighted by molar-refractivity contribution is -0.141. The third-order valence-corrected chi connectivity index (χ3v) is 2.92. The molecule has 0 saturated heterocycles. The van der Waals surface area contributed by atoms with Crippen LogP contribution in [0.25, 0.3) is 11.1 Å². The van der Waals surface area contributed by atoms with Crippen LogP contribution in [0.15, 0.2) is 55.1 Å². The number of benzene rings is 2. The quantitative estimate of drug-likeness (QED) is 0.676. The minimum absolute atomic E-state index is 0.0145. The van der Waals surface area contributed by atoms with Crippen LogP contribution in [0, 0.1) is 5.82 Å². The molecule has 0 spiro atoms. The summed E-state index contributed by atoms with van der Waals surface area (Å²) in [6.45, 7) is 3.60. The molecule has 2 rings (SSSR count). The summed E-state index contributed by atoms with van der Waals surface area (Å²) in [5.41, 5.74) is 1.62. The first kappa shape index (κ1) is 14.8. The lowest BCUT2D eigenvalue weighted by atomic mass is 10.0. The van der Waals surface area contributed by atoms with Gasteiger partial charge in [-0.2, -0.15) is 0 Å². The summed E-state index contributed by atoms with van der Waals surface area (Å²) in [5.74, 6) is -0.720. The van der Waals surface area contributed by atoms with Crippen molar-refractivity contribution >= 4 is 5.97 Å². The van der Waals surface area contributed by atoms with E-state index in [1.54, 1.807) is 24.3 Å². The Bertz CT molecular complexity index is 648. The molecule has 0 radical (unpaired) electrons. The van der Waals surface area contributed by atoms with E-state index < -0.39 is 11.8 Å². The molecule has 108 valence electrons. The molecule has 4 heteroatoms. The highest BCUT2D eigenvalue weighted by Crippen LogP contribution is 2.25. The first-order valence-electron chi connectivity index (χ1n) is 6.44. The zero-order valence-corrected chi connectivity index (χ0v) is 11.4. The molecule has 0 heterocycles. The average molecular weight is 286 g/mol. The second-order valence-corrected chi connectivity index (χ2v) is 4.51. The molecule has 0 aromatic heterocycles. The van der Waals surface area contributed by atoms with Crippen molar-refractivity contribution in [3.63, 3.8) is 0 Å². The molecule has 0 bridgehead atoms. The predicted molar refractivity (Wildman–Crippen MR) is 78.4 cm³/mol. The van der Waals surface area contributed by atoms with Gasteiger partial charge in [-0.1, -0.05) is 36.9 Å². The number of hydrogen-bond donors (Lipinski definition) is 1. The van der Waals surface area contributed by atoms with Crippen molar-refractivity contribution in [2.24, 2.45) is 0 Å². The minimum atomic E-state index is -0.424. The van der Waals surface area contributed by atoms with Crippen molar-refractivity contribution in [1.82, 2.24) is 0 Å². The molecule has 2 aromatic rings. The third kappa shape index (κ3) is 3.92. The van der Waals surface area contributed by atoms with E-state index in [1.165, 1.54) is 24.3 Å². The van der Waals surface area contributed by atoms with Gasteiger partial charge in [-0.25, -0.2) is 4.39 Å². The fourth-order valence-electron chi connectivity index (χ4n) is 1.91. The Morgan fingerprint density at radius 3 is 2.57 bits per heavy atom. The highest BCUT2D eigenvalue weighted by atomic mass is 19.1. The zero-order valence-electron chi connectivity index (χ0n) is 11.4. The van der Waals surface area contributed by atoms with E-state index in [2.05, 4.69) is 6.58 Å². The molecule has 0 aliphatic rings. The van der Waals surface area contributed by atoms with Gasteiger partial charge in [0.2, 0.25) is 0 Å². The van der Waals surface area contributed by atoms with Gasteiger partial charge in [-0.05, 0) is 29.3 Å². The molecule has 0 aliphatic carbocycles. The predicted octanol–water partition coefficient (Wildman–Crippen LogP) is 3.47. The number of ether oxygens (including phenoxy) is 1. The van der Waals surface area contributed by atoms with Crippen LogP contribution in [0.3, 0.4) is 0 Å². The smallest absolute Gasteiger partial charge is 0.310 e. The van der Waals surface area contributed by atoms with Crippen molar-refractivity contribution in [3.8, 4) is 16.9 Å². The Morgan fingerprint density at radius 2 is 1.95 bits per heavy atom. The Morgan fingerprint density at radius 1 is 1.24 bits per heavy atom. The lowest BCUT2D eigenvalue weighted by Crippen LogP contribution is -2.08. The van der Waals surface area contributed by atoms with Crippen molar-refractivity contribution < 1.29 is 19.0 Å². The first-order valence-corrected chi connectivity index (χ1v) is 6.44. The topological polar surface area (TPSA) is 46.5 Å². The fraction of sp³-hybridized carbons (Fsp3) is 0.118. The number of aromatic hydroxyl groups is 1. The second kappa shape index (κ2) is 6.70. The number of hydrogen-bond acceptors (Lipinski definition) is 3. The summed E-state index contributed by atoms with van der Waals surface area (Å²) in [4.78, 5) is 11.5. The molecule has 0 fully saturated rings. The SMILES string of the molecule is C=CCOC(=O)Cc1ccc(-c2ccc(O)cc2)c(F)c1. The van der Waals surface area contributed by atoms with Crippen molar-refractivity contribution in [3.05, 3.63) is 66.5 Å². The molecule has 0 unspecified atom stereocenters. The van der Waals surface area contributed by atoms with E-state index in [1.807, 2.05) is 0 Å². The highest BCUT2D eigenvalue weighted by Gasteiger charge is 2.09. The molecule has 1 N–H and O–H groups in total. The molecule has 0 amide bonds. The van der Waals surface area contributed by atoms with Crippen LogP contribution in [0.1, 0.15) is 5.56 Å². The van der Waals surface area contributed by atoms with Crippen LogP contribution in [0.4, 0.5) is 4.39 Å². The fourth-order valence-corrected chi connectivity index (χ4v) is 1.91. The lowest BCUT2D eigenvalue weighted by Gasteiger charge is -2.07. The summed E-state index contributed by atoms with van der Waals surface area (Å²) in [5, 5.41) is 9.23. The van der Waals surface area contributed by atoms with Crippen LogP contribution in [-0.2, 0) is 16.0 Å². The standard InChI is InChI=1S/C17H15FO3/c1-2-9-21-17(20)11-12-3-8-15(16(18)10-12)13-4-6-14(19)7-5-13/h2-8,10,19H,1,9,11H2. The van der Waals surface area contributed by atoms with Gasteiger partial charge in [0.15, 0.2) is 0 Å². The van der Waals surface area contributed by atoms with E-state index in [9.17, 15) is 14.3 Å². The van der Waals surface area contributed by atoms with Gasteiger partial charge < -0.3 is 9.84 Å². The second-order valence-electron chi connectivity index (χ2n) is 4.51. The van der Waals surface area contributed by atoms with Gasteiger partial charge in [0.1, 0.15) is 18.2 Å². The van der Waals surface area contributed by atoms with E-state index in [4.69, 9.17) is 4.74 Å². The van der Waals surface area contributed by atoms with Crippen molar-refractivity contribution in [2.45, 2.75) is 6.42 Å². The van der Waals surface area contributed by atoms with Gasteiger partial charge in [0, 0.05) is 5.56 Å². The van der Waals surface area contributed by atoms with Crippen LogP contribution < -0.4 is 0 Å². The van der Waals surface area contributed by atoms with Crippen LogP contribution in [-0.4, -0.2) is 17.7 Å². The number of rotatable bonds is 5. The Hall–Kier alpha value is -2.62. The summed E-state index contributed by atoms with van der Waals surface area (Å²) in [6, 6.07) is 10.9. The Labute approximate surface area is 122 Å². The molecule has 21 heavy (non-hydrogen) atoms. The Balaban J connectivity index is 2.15. The monoisotopic (exact) mass is 286 g/mol. The van der Waals surface area contributed by atoms with E-state index in [-0.39, 0.29) is 18.8 Å². The van der Waals surface area contributed by atoms with Gasteiger partial charge in [0.25, 0.3) is 0 Å². The zero-order chi connectivity index (χ0) is 15.2. The first-order chi connectivity index (χ1) is 10.1. The van der Waals surface area contributed by atoms with Crippen LogP contribution >= 0.6 is 0 Å². The third-order valence-electron chi connectivity index (χ3n) is 2.92. The van der Waals surface area contributed by atoms with Gasteiger partial charge >= 0.3 is 5.97 Å². The molecular weight excluding hydrogens is 271 g/mol. The minimum Gasteiger partial charge on any atom is -0.508 e. The molecular formula is C17H15FO3. The summed E-state index contributed by atoms with van der Waals surface area (Å²) in [7, 11) is 0. The van der Waals surface area contributed by atoms with Gasteiger partial charge in [-0.15, -0.1) is 0 Å². The number of halogens is 1. The maximum absolute atomic E-state index is 14.1.